The van der Waals surface area contributed by atoms with E-state index in [4.69, 9.17) is 4.74 Å². The summed E-state index contributed by atoms with van der Waals surface area (Å²) in [5.41, 5.74) is 8.05. The fourth-order valence-electron chi connectivity index (χ4n) is 3.85. The first kappa shape index (κ1) is 19.0. The Morgan fingerprint density at radius 1 is 0.931 bits per heavy atom. The number of fused-ring (bicyclic) bond motifs is 1. The monoisotopic (exact) mass is 383 g/mol. The van der Waals surface area contributed by atoms with Gasteiger partial charge in [0.15, 0.2) is 6.29 Å². The van der Waals surface area contributed by atoms with Crippen LogP contribution in [0, 0.1) is 13.8 Å². The summed E-state index contributed by atoms with van der Waals surface area (Å²) in [7, 11) is 0. The first-order chi connectivity index (χ1) is 14.1. The number of aromatic nitrogens is 1. The summed E-state index contributed by atoms with van der Waals surface area (Å²) in [4.78, 5) is 12.1. The molecule has 3 heteroatoms. The van der Waals surface area contributed by atoms with Gasteiger partial charge in [0.2, 0.25) is 0 Å². The molecule has 0 atom stereocenters. The van der Waals surface area contributed by atoms with E-state index in [1.165, 1.54) is 5.56 Å². The summed E-state index contributed by atoms with van der Waals surface area (Å²) in [6, 6.07) is 20.6. The van der Waals surface area contributed by atoms with Crippen LogP contribution < -0.4 is 4.74 Å². The third kappa shape index (κ3) is 3.68. The van der Waals surface area contributed by atoms with E-state index >= 15 is 0 Å². The van der Waals surface area contributed by atoms with Gasteiger partial charge in [-0.05, 0) is 60.7 Å². The van der Waals surface area contributed by atoms with Crippen molar-refractivity contribution in [1.29, 1.82) is 0 Å². The summed E-state index contributed by atoms with van der Waals surface area (Å²) in [5, 5.41) is 0. The predicted molar refractivity (Wildman–Crippen MR) is 118 cm³/mol. The van der Waals surface area contributed by atoms with E-state index in [0.29, 0.717) is 12.3 Å². The second-order valence-electron chi connectivity index (χ2n) is 7.48. The summed E-state index contributed by atoms with van der Waals surface area (Å²) in [6.07, 6.45) is 3.92. The SMILES string of the molecule is CCc1ccc2cc(-c3cc(C)cc(C)c3OCc3ccccc3)c(C=O)n2c1. The molecule has 0 aliphatic rings. The number of ether oxygens (including phenoxy) is 1. The van der Waals surface area contributed by atoms with Crippen molar-refractivity contribution in [3.8, 4) is 16.9 Å². The fraction of sp³-hybridized carbons (Fsp3) is 0.192. The maximum atomic E-state index is 12.1. The van der Waals surface area contributed by atoms with Crippen molar-refractivity contribution >= 4 is 11.8 Å². The third-order valence-corrected chi connectivity index (χ3v) is 5.32. The van der Waals surface area contributed by atoms with Crippen LogP contribution in [-0.4, -0.2) is 10.7 Å². The molecule has 0 saturated carbocycles. The van der Waals surface area contributed by atoms with E-state index in [2.05, 4.69) is 69.4 Å². The first-order valence-corrected chi connectivity index (χ1v) is 9.98. The molecule has 2 aromatic heterocycles. The minimum absolute atomic E-state index is 0.488. The Balaban J connectivity index is 1.85. The number of benzene rings is 2. The average molecular weight is 383 g/mol. The lowest BCUT2D eigenvalue weighted by Gasteiger charge is -2.15. The molecule has 2 aromatic carbocycles. The van der Waals surface area contributed by atoms with E-state index in [-0.39, 0.29) is 0 Å². The van der Waals surface area contributed by atoms with Crippen molar-refractivity contribution < 1.29 is 9.53 Å². The number of carbonyl (C=O) groups is 1. The van der Waals surface area contributed by atoms with Gasteiger partial charge in [0.05, 0.1) is 5.69 Å². The molecule has 0 saturated heterocycles. The van der Waals surface area contributed by atoms with Gasteiger partial charge < -0.3 is 9.14 Å². The van der Waals surface area contributed by atoms with Crippen LogP contribution >= 0.6 is 0 Å². The van der Waals surface area contributed by atoms with Gasteiger partial charge in [-0.25, -0.2) is 0 Å². The number of rotatable bonds is 6. The lowest BCUT2D eigenvalue weighted by molar-refractivity contribution is 0.111. The topological polar surface area (TPSA) is 30.7 Å². The quantitative estimate of drug-likeness (QED) is 0.372. The molecule has 4 aromatic rings. The fourth-order valence-corrected chi connectivity index (χ4v) is 3.85. The summed E-state index contributed by atoms with van der Waals surface area (Å²) >= 11 is 0. The number of carbonyl (C=O) groups excluding carboxylic acids is 1. The molecule has 0 fully saturated rings. The van der Waals surface area contributed by atoms with Crippen LogP contribution in [0.3, 0.4) is 0 Å². The molecule has 0 amide bonds. The summed E-state index contributed by atoms with van der Waals surface area (Å²) in [6.45, 7) is 6.73. The molecule has 146 valence electrons. The summed E-state index contributed by atoms with van der Waals surface area (Å²) < 4.78 is 8.26. The van der Waals surface area contributed by atoms with Crippen molar-refractivity contribution in [1.82, 2.24) is 4.40 Å². The zero-order valence-corrected chi connectivity index (χ0v) is 17.1. The van der Waals surface area contributed by atoms with E-state index in [9.17, 15) is 4.79 Å². The maximum absolute atomic E-state index is 12.1. The number of aryl methyl sites for hydroxylation is 3. The average Bonchev–Trinajstić information content (AvgIpc) is 3.10. The molecule has 0 aliphatic heterocycles. The highest BCUT2D eigenvalue weighted by molar-refractivity contribution is 5.92. The number of nitrogens with zero attached hydrogens (tertiary/aromatic N) is 1. The second-order valence-corrected chi connectivity index (χ2v) is 7.48. The van der Waals surface area contributed by atoms with Crippen molar-refractivity contribution in [3.63, 3.8) is 0 Å². The second kappa shape index (κ2) is 7.96. The highest BCUT2D eigenvalue weighted by Gasteiger charge is 2.18. The Labute approximate surface area is 171 Å². The Kier molecular flexibility index (Phi) is 5.22. The zero-order chi connectivity index (χ0) is 20.4. The van der Waals surface area contributed by atoms with Crippen LogP contribution in [0.25, 0.3) is 16.6 Å². The van der Waals surface area contributed by atoms with Gasteiger partial charge >= 0.3 is 0 Å². The van der Waals surface area contributed by atoms with Crippen molar-refractivity contribution in [2.45, 2.75) is 33.8 Å². The van der Waals surface area contributed by atoms with Crippen LogP contribution in [0.15, 0.2) is 66.9 Å². The number of aldehydes is 1. The highest BCUT2D eigenvalue weighted by atomic mass is 16.5. The molecule has 4 rings (SSSR count). The summed E-state index contributed by atoms with van der Waals surface area (Å²) in [5.74, 6) is 0.828. The van der Waals surface area contributed by atoms with Gasteiger partial charge in [-0.15, -0.1) is 0 Å². The van der Waals surface area contributed by atoms with Crippen LogP contribution in [0.5, 0.6) is 5.75 Å². The van der Waals surface area contributed by atoms with Crippen LogP contribution in [0.1, 0.15) is 39.7 Å². The minimum Gasteiger partial charge on any atom is -0.488 e. The van der Waals surface area contributed by atoms with E-state index in [0.717, 1.165) is 51.8 Å². The van der Waals surface area contributed by atoms with Crippen molar-refractivity contribution in [2.75, 3.05) is 0 Å². The van der Waals surface area contributed by atoms with E-state index in [1.807, 2.05) is 22.6 Å². The van der Waals surface area contributed by atoms with Gasteiger partial charge in [-0.3, -0.25) is 4.79 Å². The van der Waals surface area contributed by atoms with Crippen LogP contribution in [0.4, 0.5) is 0 Å². The third-order valence-electron chi connectivity index (χ3n) is 5.32. The molecule has 29 heavy (non-hydrogen) atoms. The number of hydrogen-bond acceptors (Lipinski definition) is 2. The van der Waals surface area contributed by atoms with Crippen LogP contribution in [-0.2, 0) is 13.0 Å². The molecule has 2 heterocycles. The Hall–Kier alpha value is -3.33. The molecular weight excluding hydrogens is 358 g/mol. The van der Waals surface area contributed by atoms with Gasteiger partial charge in [0.25, 0.3) is 0 Å². The highest BCUT2D eigenvalue weighted by Crippen LogP contribution is 2.38. The normalized spacial score (nSPS) is 11.0. The predicted octanol–water partition coefficient (Wildman–Crippen LogP) is 6.18. The van der Waals surface area contributed by atoms with Gasteiger partial charge in [-0.1, -0.05) is 49.4 Å². The van der Waals surface area contributed by atoms with E-state index < -0.39 is 0 Å². The van der Waals surface area contributed by atoms with Gasteiger partial charge in [-0.2, -0.15) is 0 Å². The smallest absolute Gasteiger partial charge is 0.167 e. The molecule has 0 bridgehead atoms. The zero-order valence-electron chi connectivity index (χ0n) is 17.1. The number of pyridine rings is 1. The molecule has 0 unspecified atom stereocenters. The van der Waals surface area contributed by atoms with E-state index in [1.54, 1.807) is 0 Å². The maximum Gasteiger partial charge on any atom is 0.167 e. The number of hydrogen-bond donors (Lipinski definition) is 0. The molecule has 0 aliphatic carbocycles. The van der Waals surface area contributed by atoms with Crippen molar-refractivity contribution in [3.05, 3.63) is 94.8 Å². The Morgan fingerprint density at radius 3 is 2.45 bits per heavy atom. The molecule has 0 spiro atoms. The minimum atomic E-state index is 0.488. The standard InChI is InChI=1S/C26H25NO2/c1-4-20-10-11-22-14-23(25(16-28)27(22)15-20)24-13-18(2)12-19(3)26(24)29-17-21-8-6-5-7-9-21/h5-16H,4,17H2,1-3H3. The largest absolute Gasteiger partial charge is 0.488 e. The molecule has 3 nitrogen and oxygen atoms in total. The van der Waals surface area contributed by atoms with Crippen molar-refractivity contribution in [2.24, 2.45) is 0 Å². The van der Waals surface area contributed by atoms with Gasteiger partial charge in [0, 0.05) is 22.8 Å². The first-order valence-electron chi connectivity index (χ1n) is 9.98. The Bertz CT molecular complexity index is 1170. The lowest BCUT2D eigenvalue weighted by Crippen LogP contribution is -2.01. The molecule has 0 radical (unpaired) electrons. The molecular formula is C26H25NO2. The molecule has 0 N–H and O–H groups in total. The van der Waals surface area contributed by atoms with Gasteiger partial charge in [0.1, 0.15) is 12.4 Å². The Morgan fingerprint density at radius 2 is 1.72 bits per heavy atom. The lowest BCUT2D eigenvalue weighted by atomic mass is 9.99. The van der Waals surface area contributed by atoms with Crippen LogP contribution in [0.2, 0.25) is 0 Å².